The van der Waals surface area contributed by atoms with Crippen molar-refractivity contribution in [3.05, 3.63) is 11.6 Å². The van der Waals surface area contributed by atoms with E-state index < -0.39 is 41.9 Å². The highest BCUT2D eigenvalue weighted by atomic mass is 16.7. The Morgan fingerprint density at radius 1 is 0.949 bits per heavy atom. The number of aliphatic hydroxyl groups is 4. The summed E-state index contributed by atoms with van der Waals surface area (Å²) in [6.45, 7) is 6.46. The molecule has 4 saturated carbocycles. The fraction of sp³-hybridized carbons (Fsp3) is 0.900. The van der Waals surface area contributed by atoms with Crippen LogP contribution in [0.2, 0.25) is 0 Å². The van der Waals surface area contributed by atoms with Crippen molar-refractivity contribution < 1.29 is 44.2 Å². The number of esters is 1. The molecule has 5 fully saturated rings. The zero-order valence-corrected chi connectivity index (χ0v) is 23.7. The summed E-state index contributed by atoms with van der Waals surface area (Å²) in [5, 5.41) is 45.3. The van der Waals surface area contributed by atoms with Crippen molar-refractivity contribution in [3.63, 3.8) is 0 Å². The molecule has 6 rings (SSSR count). The highest BCUT2D eigenvalue weighted by Gasteiger charge is 2.70. The topological polar surface area (TPSA) is 135 Å². The first-order valence-electron chi connectivity index (χ1n) is 14.9. The molecule has 9 heteroatoms. The smallest absolute Gasteiger partial charge is 0.331 e. The molecule has 1 saturated heterocycles. The molecule has 220 valence electrons. The summed E-state index contributed by atoms with van der Waals surface area (Å²) in [7, 11) is 1.46. The summed E-state index contributed by atoms with van der Waals surface area (Å²) in [6.07, 6.45) is 3.63. The second-order valence-electron chi connectivity index (χ2n) is 13.9. The second-order valence-corrected chi connectivity index (χ2v) is 13.9. The van der Waals surface area contributed by atoms with E-state index in [1.807, 2.05) is 0 Å². The van der Waals surface area contributed by atoms with Crippen LogP contribution in [0, 0.1) is 28.6 Å². The van der Waals surface area contributed by atoms with Crippen molar-refractivity contribution in [1.29, 1.82) is 0 Å². The summed E-state index contributed by atoms with van der Waals surface area (Å²) in [5.41, 5.74) is -1.41. The molecule has 4 N–H and O–H groups in total. The van der Waals surface area contributed by atoms with Crippen molar-refractivity contribution in [2.24, 2.45) is 28.6 Å². The molecule has 0 amide bonds. The molecule has 6 aliphatic rings. The maximum atomic E-state index is 12.4. The molecule has 0 bridgehead atoms. The lowest BCUT2D eigenvalue weighted by molar-refractivity contribution is -0.322. The van der Waals surface area contributed by atoms with Gasteiger partial charge in [0.05, 0.1) is 23.4 Å². The number of ether oxygens (including phenoxy) is 4. The first-order chi connectivity index (χ1) is 18.4. The summed E-state index contributed by atoms with van der Waals surface area (Å²) in [6, 6.07) is 0. The number of hydrogen-bond acceptors (Lipinski definition) is 9. The molecule has 0 aromatic heterocycles. The predicted molar refractivity (Wildman–Crippen MR) is 139 cm³/mol. The summed E-state index contributed by atoms with van der Waals surface area (Å²) < 4.78 is 22.9. The van der Waals surface area contributed by atoms with Crippen molar-refractivity contribution >= 4 is 5.97 Å². The number of fused-ring (bicyclic) bond motifs is 5. The maximum Gasteiger partial charge on any atom is 0.331 e. The monoisotopic (exact) mass is 550 g/mol. The molecule has 0 unspecified atom stereocenters. The lowest BCUT2D eigenvalue weighted by Gasteiger charge is -2.66. The fourth-order valence-electron chi connectivity index (χ4n) is 10.0. The third kappa shape index (κ3) is 3.94. The minimum absolute atomic E-state index is 0.0969. The highest BCUT2D eigenvalue weighted by Crippen LogP contribution is 2.70. The molecule has 13 atom stereocenters. The number of cyclic esters (lactones) is 1. The Morgan fingerprint density at radius 2 is 1.67 bits per heavy atom. The van der Waals surface area contributed by atoms with Gasteiger partial charge in [-0.3, -0.25) is 0 Å². The van der Waals surface area contributed by atoms with E-state index >= 15 is 0 Å². The number of carbonyl (C=O) groups excluding carboxylic acids is 1. The Labute approximate surface area is 230 Å². The van der Waals surface area contributed by atoms with Crippen LogP contribution in [0.15, 0.2) is 11.6 Å². The molecule has 4 aliphatic carbocycles. The Kier molecular flexibility index (Phi) is 6.82. The lowest BCUT2D eigenvalue weighted by Crippen LogP contribution is -2.67. The fourth-order valence-corrected chi connectivity index (χ4v) is 10.0. The van der Waals surface area contributed by atoms with E-state index in [4.69, 9.17) is 18.9 Å². The van der Waals surface area contributed by atoms with E-state index in [1.54, 1.807) is 13.0 Å². The van der Waals surface area contributed by atoms with Crippen molar-refractivity contribution in [1.82, 2.24) is 0 Å². The largest absolute Gasteiger partial charge is 0.458 e. The normalized spacial score (nSPS) is 55.3. The van der Waals surface area contributed by atoms with Crippen LogP contribution in [0.4, 0.5) is 0 Å². The molecule has 0 aromatic carbocycles. The molecule has 0 radical (unpaired) electrons. The van der Waals surface area contributed by atoms with Gasteiger partial charge in [0.2, 0.25) is 0 Å². The predicted octanol–water partition coefficient (Wildman–Crippen LogP) is 2.23. The number of methoxy groups -OCH3 is 1. The molecule has 2 aliphatic heterocycles. The van der Waals surface area contributed by atoms with Gasteiger partial charge in [0, 0.05) is 25.0 Å². The van der Waals surface area contributed by atoms with E-state index in [1.165, 1.54) is 7.11 Å². The average molecular weight is 551 g/mol. The van der Waals surface area contributed by atoms with Gasteiger partial charge in [-0.15, -0.1) is 0 Å². The maximum absolute atomic E-state index is 12.4. The van der Waals surface area contributed by atoms with Crippen LogP contribution in [0.1, 0.15) is 78.6 Å². The second kappa shape index (κ2) is 9.48. The van der Waals surface area contributed by atoms with Crippen LogP contribution >= 0.6 is 0 Å². The van der Waals surface area contributed by atoms with Crippen LogP contribution in [-0.4, -0.2) is 88.1 Å². The molecular formula is C30H46O9. The van der Waals surface area contributed by atoms with Gasteiger partial charge < -0.3 is 39.4 Å². The van der Waals surface area contributed by atoms with Gasteiger partial charge in [0.15, 0.2) is 6.29 Å². The van der Waals surface area contributed by atoms with Gasteiger partial charge in [0.1, 0.15) is 24.9 Å². The SMILES string of the molecule is CO[C@H]1[C@H](O[C@H]2CC[C@]3(C)[C@H]4CC[C@]5(C)[C@@H](C6=CC(=O)OC6)CC[C@]5(O)[C@@H]4CC[C@]3(O)C2)O[C@H](C)[C@H](O)[C@@H]1O. The molecule has 9 nitrogen and oxygen atoms in total. The zero-order valence-electron chi connectivity index (χ0n) is 23.7. The molecule has 0 aromatic rings. The van der Waals surface area contributed by atoms with E-state index in [9.17, 15) is 25.2 Å². The summed E-state index contributed by atoms with van der Waals surface area (Å²) >= 11 is 0. The van der Waals surface area contributed by atoms with Crippen molar-refractivity contribution in [2.45, 2.75) is 127 Å². The standard InChI is InChI=1S/C30H46O9/c1-16-23(32)24(33)25(36-4)26(38-16)39-18-5-9-27(2)20-6-10-28(3)19(17-13-22(31)37-15-17)8-12-30(28,35)21(20)7-11-29(27,34)14-18/h13,16,18-21,23-26,32-35H,5-12,14-15H2,1-4H3/t16-,18+,19-,20+,21-,23+,24+,25-,26+,27-,28-,29+,30+/m1/s1. The van der Waals surface area contributed by atoms with E-state index in [-0.39, 0.29) is 40.7 Å². The summed E-state index contributed by atoms with van der Waals surface area (Å²) in [4.78, 5) is 11.8. The molecule has 2 heterocycles. The number of rotatable bonds is 4. The van der Waals surface area contributed by atoms with E-state index in [0.29, 0.717) is 25.9 Å². The lowest BCUT2D eigenvalue weighted by atomic mass is 9.42. The van der Waals surface area contributed by atoms with Crippen molar-refractivity contribution in [2.75, 3.05) is 13.7 Å². The van der Waals surface area contributed by atoms with Crippen LogP contribution < -0.4 is 0 Å². The Balaban J connectivity index is 1.19. The van der Waals surface area contributed by atoms with Gasteiger partial charge >= 0.3 is 5.97 Å². The Bertz CT molecular complexity index is 1020. The minimum Gasteiger partial charge on any atom is -0.458 e. The molecular weight excluding hydrogens is 504 g/mol. The highest BCUT2D eigenvalue weighted by molar-refractivity contribution is 5.85. The third-order valence-electron chi connectivity index (χ3n) is 12.5. The first kappa shape index (κ1) is 28.1. The van der Waals surface area contributed by atoms with E-state index in [2.05, 4.69) is 13.8 Å². The molecule has 0 spiro atoms. The van der Waals surface area contributed by atoms with Crippen LogP contribution in [-0.2, 0) is 23.7 Å². The van der Waals surface area contributed by atoms with Gasteiger partial charge in [-0.05, 0) is 87.0 Å². The minimum atomic E-state index is -1.12. The first-order valence-corrected chi connectivity index (χ1v) is 14.9. The Hall–Kier alpha value is -1.07. The van der Waals surface area contributed by atoms with Crippen molar-refractivity contribution in [3.8, 4) is 0 Å². The average Bonchev–Trinajstić information content (AvgIpc) is 3.43. The Morgan fingerprint density at radius 3 is 2.36 bits per heavy atom. The van der Waals surface area contributed by atoms with Crippen LogP contribution in [0.3, 0.4) is 0 Å². The van der Waals surface area contributed by atoms with Gasteiger partial charge in [-0.1, -0.05) is 13.8 Å². The van der Waals surface area contributed by atoms with Crippen LogP contribution in [0.5, 0.6) is 0 Å². The van der Waals surface area contributed by atoms with Crippen LogP contribution in [0.25, 0.3) is 0 Å². The van der Waals surface area contributed by atoms with E-state index in [0.717, 1.165) is 44.1 Å². The quantitative estimate of drug-likeness (QED) is 0.307. The zero-order chi connectivity index (χ0) is 28.0. The summed E-state index contributed by atoms with van der Waals surface area (Å²) in [5.74, 6) is 0.162. The number of carbonyl (C=O) groups is 1. The van der Waals surface area contributed by atoms with Gasteiger partial charge in [-0.2, -0.15) is 0 Å². The molecule has 39 heavy (non-hydrogen) atoms. The number of aliphatic hydroxyl groups excluding tert-OH is 2. The van der Waals surface area contributed by atoms with Gasteiger partial charge in [0.25, 0.3) is 0 Å². The number of hydrogen-bond donors (Lipinski definition) is 4. The third-order valence-corrected chi connectivity index (χ3v) is 12.5. The van der Waals surface area contributed by atoms with Gasteiger partial charge in [-0.25, -0.2) is 4.79 Å².